The van der Waals surface area contributed by atoms with Crippen molar-refractivity contribution in [3.63, 3.8) is 0 Å². The molecule has 1 aliphatic rings. The summed E-state index contributed by atoms with van der Waals surface area (Å²) in [6.45, 7) is 6.80. The lowest BCUT2D eigenvalue weighted by Gasteiger charge is -2.18. The Labute approximate surface area is 194 Å². The number of amides is 1. The number of methoxy groups -OCH3 is 3. The van der Waals surface area contributed by atoms with Crippen LogP contribution in [-0.4, -0.2) is 35.3 Å². The molecule has 0 saturated carbocycles. The van der Waals surface area contributed by atoms with Gasteiger partial charge in [-0.2, -0.15) is 0 Å². The highest BCUT2D eigenvalue weighted by atomic mass is 28.3. The molecule has 1 aliphatic heterocycles. The molecule has 0 fully saturated rings. The van der Waals surface area contributed by atoms with E-state index in [9.17, 15) is 4.79 Å². The van der Waals surface area contributed by atoms with Crippen LogP contribution in [0.25, 0.3) is 0 Å². The van der Waals surface area contributed by atoms with Crippen LogP contribution in [0.5, 0.6) is 28.9 Å². The van der Waals surface area contributed by atoms with Gasteiger partial charge in [-0.3, -0.25) is 4.79 Å². The quantitative estimate of drug-likeness (QED) is 0.485. The van der Waals surface area contributed by atoms with E-state index in [1.54, 1.807) is 31.4 Å². The van der Waals surface area contributed by atoms with Crippen molar-refractivity contribution in [2.75, 3.05) is 26.6 Å². The second-order valence-electron chi connectivity index (χ2n) is 8.74. The fourth-order valence-electron chi connectivity index (χ4n) is 4.19. The number of carbonyl (C=O) groups is 1. The molecule has 0 aliphatic carbocycles. The molecule has 174 valence electrons. The van der Waals surface area contributed by atoms with E-state index in [0.29, 0.717) is 22.9 Å². The van der Waals surface area contributed by atoms with Gasteiger partial charge in [0.05, 0.1) is 29.4 Å². The van der Waals surface area contributed by atoms with Gasteiger partial charge in [0.25, 0.3) is 11.9 Å². The minimum absolute atomic E-state index is 0.110. The average Bonchev–Trinajstić information content (AvgIpc) is 3.38. The van der Waals surface area contributed by atoms with E-state index in [1.165, 1.54) is 31.0 Å². The number of ether oxygens (including phenoxy) is 4. The van der Waals surface area contributed by atoms with Gasteiger partial charge < -0.3 is 28.7 Å². The molecule has 33 heavy (non-hydrogen) atoms. The maximum absolute atomic E-state index is 12.9. The second kappa shape index (κ2) is 8.86. The Hall–Kier alpha value is -3.39. The van der Waals surface area contributed by atoms with Gasteiger partial charge in [0.2, 0.25) is 0 Å². The van der Waals surface area contributed by atoms with E-state index in [4.69, 9.17) is 23.4 Å². The average molecular weight is 468 g/mol. The Morgan fingerprint density at radius 2 is 1.67 bits per heavy atom. The van der Waals surface area contributed by atoms with Crippen molar-refractivity contribution < 1.29 is 28.2 Å². The fraction of sp³-hybridized carbons (Fsp3) is 0.320. The topological polar surface area (TPSA) is 79.2 Å². The summed E-state index contributed by atoms with van der Waals surface area (Å²) < 4.78 is 27.8. The van der Waals surface area contributed by atoms with Crippen LogP contribution in [0.15, 0.2) is 40.8 Å². The number of anilines is 1. The van der Waals surface area contributed by atoms with Gasteiger partial charge in [-0.1, -0.05) is 24.3 Å². The zero-order valence-electron chi connectivity index (χ0n) is 19.8. The molecule has 0 spiro atoms. The summed E-state index contributed by atoms with van der Waals surface area (Å²) in [5.74, 6) is 2.03. The Balaban J connectivity index is 1.55. The van der Waals surface area contributed by atoms with Crippen LogP contribution in [0.2, 0.25) is 19.1 Å². The number of aryl methyl sites for hydroxylation is 2. The standard InChI is InChI=1S/C25H29NO6Si/c1-15-11-16-9-10-33(5,6)22(16)14-19(15)32-23-8-7-18(31-23)25(27)26-24-20(29-3)12-17(28-2)13-21(24)30-4/h7-8,11-14H,9-10H2,1-6H3,(H,26,27). The number of hydrogen-bond donors (Lipinski definition) is 1. The van der Waals surface area contributed by atoms with Gasteiger partial charge in [-0.15, -0.1) is 0 Å². The lowest BCUT2D eigenvalue weighted by Crippen LogP contribution is -2.37. The first kappa shape index (κ1) is 22.8. The van der Waals surface area contributed by atoms with Gasteiger partial charge in [-0.25, -0.2) is 0 Å². The van der Waals surface area contributed by atoms with E-state index in [-0.39, 0.29) is 11.7 Å². The van der Waals surface area contributed by atoms with Gasteiger partial charge in [0, 0.05) is 18.2 Å². The SMILES string of the molecule is COc1cc(OC)c(NC(=O)c2ccc(Oc3cc4c(cc3C)CC[Si]4(C)C)o2)c(OC)c1. The predicted octanol–water partition coefficient (Wildman–Crippen LogP) is 5.13. The van der Waals surface area contributed by atoms with Crippen molar-refractivity contribution in [3.05, 3.63) is 53.3 Å². The number of nitrogens with one attached hydrogen (secondary N) is 1. The largest absolute Gasteiger partial charge is 0.496 e. The number of fused-ring (bicyclic) bond motifs is 1. The minimum Gasteiger partial charge on any atom is -0.496 e. The van der Waals surface area contributed by atoms with Gasteiger partial charge >= 0.3 is 0 Å². The molecule has 0 bridgehead atoms. The van der Waals surface area contributed by atoms with Crippen molar-refractivity contribution in [2.45, 2.75) is 32.5 Å². The molecule has 0 unspecified atom stereocenters. The lowest BCUT2D eigenvalue weighted by molar-refractivity contribution is 0.0991. The normalized spacial score (nSPS) is 13.9. The monoisotopic (exact) mass is 467 g/mol. The van der Waals surface area contributed by atoms with Crippen LogP contribution in [0, 0.1) is 6.92 Å². The minimum atomic E-state index is -1.42. The van der Waals surface area contributed by atoms with Crippen molar-refractivity contribution in [1.82, 2.24) is 0 Å². The Bertz CT molecular complexity index is 1170. The highest BCUT2D eigenvalue weighted by Crippen LogP contribution is 2.39. The summed E-state index contributed by atoms with van der Waals surface area (Å²) in [5.41, 5.74) is 2.86. The molecule has 0 atom stereocenters. The molecule has 1 amide bonds. The van der Waals surface area contributed by atoms with Crippen molar-refractivity contribution in [1.29, 1.82) is 0 Å². The number of furan rings is 1. The van der Waals surface area contributed by atoms with Crippen molar-refractivity contribution in [2.24, 2.45) is 0 Å². The zero-order chi connectivity index (χ0) is 23.8. The van der Waals surface area contributed by atoms with Crippen LogP contribution < -0.4 is 29.5 Å². The third kappa shape index (κ3) is 4.43. The first-order valence-corrected chi connectivity index (χ1v) is 14.0. The van der Waals surface area contributed by atoms with Crippen LogP contribution in [0.3, 0.4) is 0 Å². The second-order valence-corrected chi connectivity index (χ2v) is 13.5. The molecular weight excluding hydrogens is 438 g/mol. The summed E-state index contributed by atoms with van der Waals surface area (Å²) in [6.07, 6.45) is 1.14. The third-order valence-corrected chi connectivity index (χ3v) is 9.54. The molecular formula is C25H29NO6Si. The highest BCUT2D eigenvalue weighted by molar-refractivity contribution is 6.91. The van der Waals surface area contributed by atoms with E-state index in [0.717, 1.165) is 17.7 Å². The van der Waals surface area contributed by atoms with E-state index < -0.39 is 14.0 Å². The summed E-state index contributed by atoms with van der Waals surface area (Å²) in [5, 5.41) is 4.23. The lowest BCUT2D eigenvalue weighted by atomic mass is 10.1. The molecule has 1 N–H and O–H groups in total. The number of hydrogen-bond acceptors (Lipinski definition) is 6. The van der Waals surface area contributed by atoms with Gasteiger partial charge in [0.1, 0.15) is 28.7 Å². The smallest absolute Gasteiger partial charge is 0.291 e. The molecule has 4 rings (SSSR count). The maximum atomic E-state index is 12.9. The first-order valence-electron chi connectivity index (χ1n) is 10.8. The molecule has 0 saturated heterocycles. The van der Waals surface area contributed by atoms with Crippen LogP contribution in [0.1, 0.15) is 21.7 Å². The Morgan fingerprint density at radius 3 is 2.30 bits per heavy atom. The van der Waals surface area contributed by atoms with Gasteiger partial charge in [-0.05, 0) is 42.6 Å². The summed E-state index contributed by atoms with van der Waals surface area (Å²) in [7, 11) is 3.14. The summed E-state index contributed by atoms with van der Waals surface area (Å²) in [6, 6.07) is 12.2. The van der Waals surface area contributed by atoms with Crippen molar-refractivity contribution >= 4 is 24.9 Å². The predicted molar refractivity (Wildman–Crippen MR) is 130 cm³/mol. The molecule has 7 nitrogen and oxygen atoms in total. The number of benzene rings is 2. The molecule has 2 aromatic carbocycles. The molecule has 8 heteroatoms. The number of rotatable bonds is 7. The van der Waals surface area contributed by atoms with Crippen LogP contribution in [0.4, 0.5) is 5.69 Å². The third-order valence-electron chi connectivity index (χ3n) is 6.12. The number of carbonyl (C=O) groups excluding carboxylic acids is 1. The first-order chi connectivity index (χ1) is 15.7. The highest BCUT2D eigenvalue weighted by Gasteiger charge is 2.32. The fourth-order valence-corrected chi connectivity index (χ4v) is 6.94. The molecule has 1 aromatic heterocycles. The molecule has 3 aromatic rings. The zero-order valence-corrected chi connectivity index (χ0v) is 20.8. The molecule has 2 heterocycles. The van der Waals surface area contributed by atoms with Crippen LogP contribution in [-0.2, 0) is 6.42 Å². The Morgan fingerprint density at radius 1 is 0.970 bits per heavy atom. The van der Waals surface area contributed by atoms with Crippen LogP contribution >= 0.6 is 0 Å². The van der Waals surface area contributed by atoms with Gasteiger partial charge in [0.15, 0.2) is 5.76 Å². The van der Waals surface area contributed by atoms with E-state index in [2.05, 4.69) is 30.5 Å². The maximum Gasteiger partial charge on any atom is 0.291 e. The summed E-state index contributed by atoms with van der Waals surface area (Å²) in [4.78, 5) is 12.9. The van der Waals surface area contributed by atoms with E-state index >= 15 is 0 Å². The summed E-state index contributed by atoms with van der Waals surface area (Å²) >= 11 is 0. The van der Waals surface area contributed by atoms with E-state index in [1.807, 2.05) is 6.92 Å². The molecule has 0 radical (unpaired) electrons. The Kier molecular flexibility index (Phi) is 6.12. The van der Waals surface area contributed by atoms with Crippen molar-refractivity contribution in [3.8, 4) is 28.9 Å².